The molecule has 0 bridgehead atoms. The van der Waals surface area contributed by atoms with E-state index >= 15 is 0 Å². The largest absolute Gasteiger partial charge is 0.481 e. The zero-order chi connectivity index (χ0) is 21.5. The van der Waals surface area contributed by atoms with Crippen molar-refractivity contribution >= 4 is 50.2 Å². The lowest BCUT2D eigenvalue weighted by Crippen LogP contribution is -2.17. The van der Waals surface area contributed by atoms with Gasteiger partial charge >= 0.3 is 5.97 Å². The van der Waals surface area contributed by atoms with Crippen LogP contribution < -0.4 is 0 Å². The van der Waals surface area contributed by atoms with Crippen molar-refractivity contribution in [2.24, 2.45) is 0 Å². The van der Waals surface area contributed by atoms with E-state index in [0.29, 0.717) is 22.5 Å². The second-order valence-corrected chi connectivity index (χ2v) is 11.0. The van der Waals surface area contributed by atoms with E-state index in [1.54, 1.807) is 18.2 Å². The summed E-state index contributed by atoms with van der Waals surface area (Å²) in [5.74, 6) is -0.795. The van der Waals surface area contributed by atoms with Gasteiger partial charge in [0.25, 0.3) is 0 Å². The van der Waals surface area contributed by atoms with Gasteiger partial charge in [0.05, 0.1) is 10.3 Å². The quantitative estimate of drug-likeness (QED) is 0.553. The van der Waals surface area contributed by atoms with Crippen LogP contribution in [0.15, 0.2) is 51.2 Å². The van der Waals surface area contributed by atoms with Crippen molar-refractivity contribution in [2.45, 2.75) is 52.8 Å². The molecule has 30 heavy (non-hydrogen) atoms. The zero-order valence-corrected chi connectivity index (χ0v) is 18.7. The minimum absolute atomic E-state index is 0.0336. The SMILES string of the molecule is CS(=O)(=O)c1ccnc2c1c(Sc1ccc(Cl)cc1)c1n2CCCC1CCC(=O)O. The molecule has 1 aliphatic rings. The van der Waals surface area contributed by atoms with Gasteiger partial charge in [0.1, 0.15) is 5.65 Å². The summed E-state index contributed by atoms with van der Waals surface area (Å²) in [7, 11) is -3.48. The highest BCUT2D eigenvalue weighted by Gasteiger charge is 2.31. The summed E-state index contributed by atoms with van der Waals surface area (Å²) in [6.45, 7) is 0.733. The van der Waals surface area contributed by atoms with Crippen LogP contribution >= 0.6 is 23.4 Å². The van der Waals surface area contributed by atoms with Crippen molar-refractivity contribution in [3.05, 3.63) is 47.2 Å². The molecule has 2 aromatic heterocycles. The number of hydrogen-bond donors (Lipinski definition) is 1. The van der Waals surface area contributed by atoms with E-state index in [4.69, 9.17) is 11.6 Å². The van der Waals surface area contributed by atoms with Crippen LogP contribution in [0.25, 0.3) is 11.0 Å². The standard InChI is InChI=1S/C21H21ClN2O4S2/c1-30(27,28)16-10-11-23-21-18(16)20(29-15-7-5-14(22)6-8-15)19-13(4-9-17(25)26)3-2-12-24(19)21/h5-8,10-11,13H,2-4,9,12H2,1H3,(H,25,26). The van der Waals surface area contributed by atoms with Crippen molar-refractivity contribution < 1.29 is 18.3 Å². The molecule has 4 rings (SSSR count). The highest BCUT2D eigenvalue weighted by atomic mass is 35.5. The number of carbonyl (C=O) groups is 1. The minimum atomic E-state index is -3.48. The maximum absolute atomic E-state index is 12.6. The van der Waals surface area contributed by atoms with Gasteiger partial charge < -0.3 is 9.67 Å². The lowest BCUT2D eigenvalue weighted by Gasteiger charge is -2.26. The lowest BCUT2D eigenvalue weighted by molar-refractivity contribution is -0.137. The molecular formula is C21H21ClN2O4S2. The number of nitrogens with zero attached hydrogens (tertiary/aromatic N) is 2. The van der Waals surface area contributed by atoms with Crippen LogP contribution in [0, 0.1) is 0 Å². The Morgan fingerprint density at radius 2 is 2.03 bits per heavy atom. The topological polar surface area (TPSA) is 89.3 Å². The maximum atomic E-state index is 12.6. The predicted molar refractivity (Wildman–Crippen MR) is 117 cm³/mol. The van der Waals surface area contributed by atoms with Gasteiger partial charge in [-0.1, -0.05) is 23.4 Å². The van der Waals surface area contributed by atoms with E-state index in [1.807, 2.05) is 12.1 Å². The molecule has 6 nitrogen and oxygen atoms in total. The van der Waals surface area contributed by atoms with E-state index in [1.165, 1.54) is 24.2 Å². The van der Waals surface area contributed by atoms with Crippen LogP contribution in [0.2, 0.25) is 5.02 Å². The van der Waals surface area contributed by atoms with Gasteiger partial charge in [-0.15, -0.1) is 0 Å². The van der Waals surface area contributed by atoms with E-state index in [2.05, 4.69) is 9.55 Å². The molecule has 0 radical (unpaired) electrons. The lowest BCUT2D eigenvalue weighted by atomic mass is 9.91. The van der Waals surface area contributed by atoms with E-state index in [9.17, 15) is 18.3 Å². The Morgan fingerprint density at radius 1 is 1.30 bits per heavy atom. The molecule has 1 unspecified atom stereocenters. The van der Waals surface area contributed by atoms with Crippen molar-refractivity contribution in [2.75, 3.05) is 6.26 Å². The van der Waals surface area contributed by atoms with E-state index < -0.39 is 15.8 Å². The molecule has 9 heteroatoms. The van der Waals surface area contributed by atoms with Crippen LogP contribution in [-0.2, 0) is 21.2 Å². The van der Waals surface area contributed by atoms with Gasteiger partial charge in [-0.2, -0.15) is 0 Å². The third kappa shape index (κ3) is 4.08. The summed E-state index contributed by atoms with van der Waals surface area (Å²) in [6, 6.07) is 8.93. The summed E-state index contributed by atoms with van der Waals surface area (Å²) in [6.07, 6.45) is 5.08. The first-order chi connectivity index (χ1) is 14.3. The number of aryl methyl sites for hydroxylation is 1. The number of rotatable bonds is 6. The van der Waals surface area contributed by atoms with Gasteiger partial charge in [0.15, 0.2) is 9.84 Å². The second kappa shape index (κ2) is 8.24. The van der Waals surface area contributed by atoms with E-state index in [0.717, 1.165) is 34.9 Å². The summed E-state index contributed by atoms with van der Waals surface area (Å²) in [4.78, 5) is 17.8. The normalized spacial score (nSPS) is 16.5. The van der Waals surface area contributed by atoms with Gasteiger partial charge in [0, 0.05) is 51.8 Å². The minimum Gasteiger partial charge on any atom is -0.481 e. The summed E-state index contributed by atoms with van der Waals surface area (Å²) >= 11 is 7.51. The Balaban J connectivity index is 1.96. The van der Waals surface area contributed by atoms with E-state index in [-0.39, 0.29) is 17.2 Å². The zero-order valence-electron chi connectivity index (χ0n) is 16.3. The van der Waals surface area contributed by atoms with Gasteiger partial charge in [-0.05, 0) is 49.6 Å². The molecule has 0 aliphatic carbocycles. The van der Waals surface area contributed by atoms with Gasteiger partial charge in [0.2, 0.25) is 0 Å². The molecule has 1 aromatic carbocycles. The summed E-state index contributed by atoms with van der Waals surface area (Å²) in [5, 5.41) is 10.4. The van der Waals surface area contributed by atoms with Crippen LogP contribution in [0.4, 0.5) is 0 Å². The molecule has 158 valence electrons. The fourth-order valence-electron chi connectivity index (χ4n) is 4.09. The molecule has 0 fully saturated rings. The number of carboxylic acids is 1. The molecule has 1 atom stereocenters. The Kier molecular flexibility index (Phi) is 5.83. The molecule has 3 heterocycles. The first kappa shape index (κ1) is 21.2. The molecule has 1 N–H and O–H groups in total. The van der Waals surface area contributed by atoms with Crippen LogP contribution in [0.5, 0.6) is 0 Å². The first-order valence-corrected chi connectivity index (χ1v) is 12.7. The molecule has 0 amide bonds. The van der Waals surface area contributed by atoms with Gasteiger partial charge in [-0.25, -0.2) is 13.4 Å². The summed E-state index contributed by atoms with van der Waals surface area (Å²) in [5.41, 5.74) is 1.63. The molecule has 3 aromatic rings. The second-order valence-electron chi connectivity index (χ2n) is 7.47. The van der Waals surface area contributed by atoms with Crippen molar-refractivity contribution in [1.82, 2.24) is 9.55 Å². The van der Waals surface area contributed by atoms with Gasteiger partial charge in [-0.3, -0.25) is 4.79 Å². The predicted octanol–water partition coefficient (Wildman–Crippen LogP) is 4.99. The molecule has 0 saturated carbocycles. The van der Waals surface area contributed by atoms with Crippen LogP contribution in [-0.4, -0.2) is 35.3 Å². The summed E-state index contributed by atoms with van der Waals surface area (Å²) < 4.78 is 27.2. The van der Waals surface area contributed by atoms with Crippen LogP contribution in [0.1, 0.15) is 37.3 Å². The van der Waals surface area contributed by atoms with Crippen molar-refractivity contribution in [1.29, 1.82) is 0 Å². The Labute approximate surface area is 184 Å². The number of aromatic nitrogens is 2. The Morgan fingerprint density at radius 3 is 2.70 bits per heavy atom. The first-order valence-electron chi connectivity index (χ1n) is 9.62. The highest BCUT2D eigenvalue weighted by Crippen LogP contribution is 2.47. The number of aliphatic carboxylic acids is 1. The van der Waals surface area contributed by atoms with Crippen LogP contribution in [0.3, 0.4) is 0 Å². The fraction of sp³-hybridized carbons (Fsp3) is 0.333. The third-order valence-corrected chi connectivity index (χ3v) is 7.88. The monoisotopic (exact) mass is 464 g/mol. The average Bonchev–Trinajstić information content (AvgIpc) is 3.02. The average molecular weight is 465 g/mol. The number of carboxylic acid groups (broad SMARTS) is 1. The molecule has 0 spiro atoms. The Hall–Kier alpha value is -2.03. The maximum Gasteiger partial charge on any atom is 0.303 e. The number of pyridine rings is 1. The molecule has 1 aliphatic heterocycles. The van der Waals surface area contributed by atoms with Crippen molar-refractivity contribution in [3.8, 4) is 0 Å². The Bertz CT molecular complexity index is 1220. The molecular weight excluding hydrogens is 444 g/mol. The third-order valence-electron chi connectivity index (χ3n) is 5.36. The molecule has 0 saturated heterocycles. The van der Waals surface area contributed by atoms with Crippen molar-refractivity contribution in [3.63, 3.8) is 0 Å². The number of fused-ring (bicyclic) bond motifs is 3. The number of halogens is 1. The number of sulfone groups is 1. The highest BCUT2D eigenvalue weighted by molar-refractivity contribution is 7.99. The fourth-order valence-corrected chi connectivity index (χ4v) is 6.35. The smallest absolute Gasteiger partial charge is 0.303 e. The number of hydrogen-bond acceptors (Lipinski definition) is 5. The number of benzene rings is 1.